The fourth-order valence-electron chi connectivity index (χ4n) is 1.38. The van der Waals surface area contributed by atoms with Gasteiger partial charge in [-0.2, -0.15) is 0 Å². The molecule has 1 rings (SSSR count). The molecule has 1 fully saturated rings. The lowest BCUT2D eigenvalue weighted by atomic mass is 9.67. The fraction of sp³-hybridized carbons (Fsp3) is 0.857. The van der Waals surface area contributed by atoms with E-state index >= 15 is 0 Å². The lowest BCUT2D eigenvalue weighted by Gasteiger charge is -2.40. The largest absolute Gasteiger partial charge is 0.393 e. The number of hydrogen-bond acceptors (Lipinski definition) is 1. The molecule has 0 aromatic heterocycles. The lowest BCUT2D eigenvalue weighted by molar-refractivity contribution is 0.226. The Balaban J connectivity index is 2.57. The van der Waals surface area contributed by atoms with Crippen LogP contribution in [0.15, 0.2) is 0 Å². The van der Waals surface area contributed by atoms with Crippen molar-refractivity contribution in [1.29, 1.82) is 0 Å². The van der Waals surface area contributed by atoms with E-state index in [1.54, 1.807) is 0 Å². The van der Waals surface area contributed by atoms with Crippen molar-refractivity contribution in [1.82, 2.24) is 0 Å². The molecule has 0 aliphatic heterocycles. The molecule has 2 heteroatoms. The van der Waals surface area contributed by atoms with E-state index in [4.69, 9.17) is 18.0 Å². The first-order chi connectivity index (χ1) is 4.21. The second-order valence-corrected chi connectivity index (χ2v) is 3.29. The van der Waals surface area contributed by atoms with Crippen LogP contribution < -0.4 is 5.73 Å². The Labute approximate surface area is 61.6 Å². The second kappa shape index (κ2) is 2.25. The minimum Gasteiger partial charge on any atom is -0.393 e. The summed E-state index contributed by atoms with van der Waals surface area (Å²) in [6.07, 6.45) is 4.88. The third-order valence-corrected chi connectivity index (χ3v) is 2.94. The van der Waals surface area contributed by atoms with Crippen molar-refractivity contribution in [2.24, 2.45) is 11.1 Å². The zero-order chi connectivity index (χ0) is 6.91. The highest BCUT2D eigenvalue weighted by atomic mass is 32.1. The number of hydrogen-bond donors (Lipinski definition) is 1. The zero-order valence-corrected chi connectivity index (χ0v) is 6.63. The normalized spacial score (nSPS) is 22.8. The third-order valence-electron chi connectivity index (χ3n) is 2.51. The summed E-state index contributed by atoms with van der Waals surface area (Å²) in [4.78, 5) is 0.733. The smallest absolute Gasteiger partial charge is 0.0789 e. The maximum atomic E-state index is 5.57. The molecule has 52 valence electrons. The van der Waals surface area contributed by atoms with Crippen LogP contribution in [0.3, 0.4) is 0 Å². The summed E-state index contributed by atoms with van der Waals surface area (Å²) in [6, 6.07) is 0. The highest BCUT2D eigenvalue weighted by Gasteiger charge is 2.37. The molecule has 0 radical (unpaired) electrons. The van der Waals surface area contributed by atoms with Gasteiger partial charge < -0.3 is 5.73 Å². The molecular weight excluding hydrogens is 130 g/mol. The Bertz CT molecular complexity index is 121. The SMILES string of the molecule is CCC1(C(N)=S)CCC1. The predicted octanol–water partition coefficient (Wildman–Crippen LogP) is 1.85. The van der Waals surface area contributed by atoms with Crippen LogP contribution in [0.5, 0.6) is 0 Å². The molecule has 0 spiro atoms. The van der Waals surface area contributed by atoms with Crippen LogP contribution in [0, 0.1) is 5.41 Å². The Morgan fingerprint density at radius 1 is 1.67 bits per heavy atom. The maximum Gasteiger partial charge on any atom is 0.0789 e. The average Bonchev–Trinajstić information content (AvgIpc) is 1.62. The molecule has 0 amide bonds. The molecule has 1 saturated carbocycles. The van der Waals surface area contributed by atoms with Gasteiger partial charge in [-0.25, -0.2) is 0 Å². The van der Waals surface area contributed by atoms with Crippen molar-refractivity contribution in [2.75, 3.05) is 0 Å². The quantitative estimate of drug-likeness (QED) is 0.597. The Morgan fingerprint density at radius 3 is 2.22 bits per heavy atom. The average molecular weight is 143 g/mol. The van der Waals surface area contributed by atoms with Crippen molar-refractivity contribution in [3.63, 3.8) is 0 Å². The van der Waals surface area contributed by atoms with Gasteiger partial charge in [-0.05, 0) is 19.3 Å². The molecule has 0 heterocycles. The maximum absolute atomic E-state index is 5.57. The zero-order valence-electron chi connectivity index (χ0n) is 5.81. The molecule has 0 bridgehead atoms. The first kappa shape index (κ1) is 7.00. The summed E-state index contributed by atoms with van der Waals surface area (Å²) in [5, 5.41) is 0. The molecule has 0 saturated heterocycles. The van der Waals surface area contributed by atoms with Crippen molar-refractivity contribution in [2.45, 2.75) is 32.6 Å². The van der Waals surface area contributed by atoms with Gasteiger partial charge in [0.15, 0.2) is 0 Å². The van der Waals surface area contributed by atoms with E-state index in [-0.39, 0.29) is 5.41 Å². The molecule has 1 aliphatic rings. The highest BCUT2D eigenvalue weighted by molar-refractivity contribution is 7.80. The van der Waals surface area contributed by atoms with E-state index in [1.807, 2.05) is 0 Å². The molecular formula is C7H13NS. The first-order valence-electron chi connectivity index (χ1n) is 3.51. The van der Waals surface area contributed by atoms with Gasteiger partial charge in [0, 0.05) is 5.41 Å². The Kier molecular flexibility index (Phi) is 1.75. The van der Waals surface area contributed by atoms with E-state index in [0.717, 1.165) is 11.4 Å². The molecule has 9 heavy (non-hydrogen) atoms. The minimum atomic E-state index is 0.273. The lowest BCUT2D eigenvalue weighted by Crippen LogP contribution is -2.40. The van der Waals surface area contributed by atoms with Gasteiger partial charge >= 0.3 is 0 Å². The van der Waals surface area contributed by atoms with Crippen molar-refractivity contribution in [3.8, 4) is 0 Å². The van der Waals surface area contributed by atoms with Gasteiger partial charge in [-0.1, -0.05) is 25.6 Å². The molecule has 1 aliphatic carbocycles. The van der Waals surface area contributed by atoms with E-state index in [1.165, 1.54) is 19.3 Å². The summed E-state index contributed by atoms with van der Waals surface area (Å²) in [5.74, 6) is 0. The van der Waals surface area contributed by atoms with Gasteiger partial charge in [0.2, 0.25) is 0 Å². The van der Waals surface area contributed by atoms with Crippen LogP contribution in [-0.4, -0.2) is 4.99 Å². The van der Waals surface area contributed by atoms with Gasteiger partial charge in [0.1, 0.15) is 0 Å². The van der Waals surface area contributed by atoms with Crippen LogP contribution in [0.1, 0.15) is 32.6 Å². The van der Waals surface area contributed by atoms with E-state index < -0.39 is 0 Å². The Hall–Kier alpha value is -0.110. The van der Waals surface area contributed by atoms with Crippen LogP contribution in [0.2, 0.25) is 0 Å². The second-order valence-electron chi connectivity index (χ2n) is 2.85. The van der Waals surface area contributed by atoms with Crippen LogP contribution in [0.25, 0.3) is 0 Å². The standard InChI is InChI=1S/C7H13NS/c1-2-7(6(8)9)4-3-5-7/h2-5H2,1H3,(H2,8,9). The van der Waals surface area contributed by atoms with E-state index in [0.29, 0.717) is 0 Å². The van der Waals surface area contributed by atoms with E-state index in [9.17, 15) is 0 Å². The van der Waals surface area contributed by atoms with Gasteiger partial charge in [-0.3, -0.25) is 0 Å². The van der Waals surface area contributed by atoms with Crippen molar-refractivity contribution in [3.05, 3.63) is 0 Å². The molecule has 0 unspecified atom stereocenters. The monoisotopic (exact) mass is 143 g/mol. The number of rotatable bonds is 2. The van der Waals surface area contributed by atoms with Crippen molar-refractivity contribution >= 4 is 17.2 Å². The Morgan fingerprint density at radius 2 is 2.22 bits per heavy atom. The summed E-state index contributed by atoms with van der Waals surface area (Å²) in [7, 11) is 0. The van der Waals surface area contributed by atoms with E-state index in [2.05, 4.69) is 6.92 Å². The first-order valence-corrected chi connectivity index (χ1v) is 3.92. The summed E-state index contributed by atoms with van der Waals surface area (Å²) in [5.41, 5.74) is 5.85. The van der Waals surface area contributed by atoms with Gasteiger partial charge in [0.25, 0.3) is 0 Å². The summed E-state index contributed by atoms with van der Waals surface area (Å²) < 4.78 is 0. The third kappa shape index (κ3) is 0.960. The fourth-order valence-corrected chi connectivity index (χ4v) is 1.73. The number of thiocarbonyl (C=S) groups is 1. The van der Waals surface area contributed by atoms with Crippen molar-refractivity contribution < 1.29 is 0 Å². The van der Waals surface area contributed by atoms with Gasteiger partial charge in [-0.15, -0.1) is 0 Å². The molecule has 2 N–H and O–H groups in total. The molecule has 1 nitrogen and oxygen atoms in total. The van der Waals surface area contributed by atoms with Gasteiger partial charge in [0.05, 0.1) is 4.99 Å². The predicted molar refractivity (Wildman–Crippen MR) is 43.4 cm³/mol. The topological polar surface area (TPSA) is 26.0 Å². The molecule has 0 atom stereocenters. The molecule has 0 aromatic rings. The summed E-state index contributed by atoms with van der Waals surface area (Å²) >= 11 is 4.96. The highest BCUT2D eigenvalue weighted by Crippen LogP contribution is 2.43. The van der Waals surface area contributed by atoms with Crippen LogP contribution in [0.4, 0.5) is 0 Å². The minimum absolute atomic E-state index is 0.273. The van der Waals surface area contributed by atoms with Crippen LogP contribution >= 0.6 is 12.2 Å². The summed E-state index contributed by atoms with van der Waals surface area (Å²) in [6.45, 7) is 2.16. The number of nitrogens with two attached hydrogens (primary N) is 1. The van der Waals surface area contributed by atoms with Crippen LogP contribution in [-0.2, 0) is 0 Å². The molecule has 0 aromatic carbocycles.